The van der Waals surface area contributed by atoms with E-state index in [1.165, 1.54) is 0 Å². The number of thioether (sulfide) groups is 2. The number of esters is 1. The predicted octanol–water partition coefficient (Wildman–Crippen LogP) is 10.1. The topological polar surface area (TPSA) is 55.8 Å². The monoisotopic (exact) mass is 602 g/mol. The maximum absolute atomic E-state index is 12.2. The second-order valence-electron chi connectivity index (χ2n) is 15.4. The first-order chi connectivity index (χ1) is 18.4. The number of hydrogen-bond acceptors (Lipinski definition) is 6. The molecule has 0 atom stereocenters. The Morgan fingerprint density at radius 1 is 0.659 bits per heavy atom. The number of phenolic OH excluding ortho intramolecular Hbond substituents is 1. The molecule has 4 nitrogen and oxygen atoms in total. The van der Waals surface area contributed by atoms with Gasteiger partial charge in [-0.3, -0.25) is 0 Å². The Hall–Kier alpha value is -1.79. The summed E-state index contributed by atoms with van der Waals surface area (Å²) >= 11 is 3.65. The number of phenols is 1. The molecule has 0 spiro atoms. The minimum atomic E-state index is -0.360. The van der Waals surface area contributed by atoms with Crippen LogP contribution in [0.25, 0.3) is 0 Å². The van der Waals surface area contributed by atoms with E-state index in [1.807, 2.05) is 23.5 Å². The number of rotatable bonds is 8. The summed E-state index contributed by atoms with van der Waals surface area (Å²) in [6, 6.07) is 8.76. The minimum absolute atomic E-state index is 0.110. The molecule has 2 aromatic carbocycles. The molecule has 0 aromatic heterocycles. The van der Waals surface area contributed by atoms with E-state index in [9.17, 15) is 9.90 Å². The molecular weight excluding hydrogens is 549 g/mol. The van der Waals surface area contributed by atoms with E-state index in [2.05, 4.69) is 121 Å². The Balaban J connectivity index is 2.60. The number of carbonyl (C=O) groups excluding carboxylic acids is 1. The van der Waals surface area contributed by atoms with E-state index in [0.717, 1.165) is 37.8 Å². The highest BCUT2D eigenvalue weighted by Gasteiger charge is 2.32. The Morgan fingerprint density at radius 3 is 1.32 bits per heavy atom. The van der Waals surface area contributed by atoms with E-state index >= 15 is 0 Å². The average molecular weight is 603 g/mol. The summed E-state index contributed by atoms with van der Waals surface area (Å²) in [5, 5.41) is 11.2. The van der Waals surface area contributed by atoms with Crippen molar-refractivity contribution in [1.82, 2.24) is 0 Å². The molecule has 0 aliphatic heterocycles. The maximum atomic E-state index is 12.2. The second-order valence-corrected chi connectivity index (χ2v) is 19.1. The van der Waals surface area contributed by atoms with Gasteiger partial charge in [-0.05, 0) is 66.7 Å². The molecular formula is C35H54O4S2. The van der Waals surface area contributed by atoms with Crippen molar-refractivity contribution < 1.29 is 19.4 Å². The van der Waals surface area contributed by atoms with Crippen molar-refractivity contribution in [2.24, 2.45) is 0 Å². The van der Waals surface area contributed by atoms with Crippen LogP contribution >= 0.6 is 23.5 Å². The molecule has 0 aliphatic rings. The van der Waals surface area contributed by atoms with Crippen molar-refractivity contribution in [2.45, 2.75) is 139 Å². The standard InChI is InChI=1S/C35H54O4S2/c1-16-38-28(36)21-39-30-26(33(8,9)10)19-23(20-27(30)34(11,12)13)41-35(14,15)40-22-17-24(31(2,3)4)29(37)25(18-22)32(5,6)7/h17-20,37H,16,21H2,1-15H3. The van der Waals surface area contributed by atoms with Crippen molar-refractivity contribution in [1.29, 1.82) is 0 Å². The number of carbonyl (C=O) groups is 1. The first-order valence-electron chi connectivity index (χ1n) is 14.6. The maximum Gasteiger partial charge on any atom is 0.344 e. The van der Waals surface area contributed by atoms with Crippen LogP contribution in [0.2, 0.25) is 0 Å². The summed E-state index contributed by atoms with van der Waals surface area (Å²) in [5.41, 5.74) is 3.35. The molecule has 0 aliphatic carbocycles. The summed E-state index contributed by atoms with van der Waals surface area (Å²) in [6.07, 6.45) is 0. The lowest BCUT2D eigenvalue weighted by atomic mass is 9.79. The number of aromatic hydroxyl groups is 1. The lowest BCUT2D eigenvalue weighted by molar-refractivity contribution is -0.145. The fourth-order valence-electron chi connectivity index (χ4n) is 4.66. The van der Waals surface area contributed by atoms with Crippen LogP contribution in [0.15, 0.2) is 34.1 Å². The zero-order valence-electron chi connectivity index (χ0n) is 28.2. The zero-order chi connectivity index (χ0) is 31.8. The van der Waals surface area contributed by atoms with Crippen LogP contribution in [0.5, 0.6) is 11.5 Å². The van der Waals surface area contributed by atoms with Crippen LogP contribution < -0.4 is 4.74 Å². The number of ether oxygens (including phenoxy) is 2. The van der Waals surface area contributed by atoms with Crippen molar-refractivity contribution >= 4 is 29.5 Å². The highest BCUT2D eigenvalue weighted by Crippen LogP contribution is 2.51. The normalized spacial score (nSPS) is 13.3. The van der Waals surface area contributed by atoms with Gasteiger partial charge < -0.3 is 14.6 Å². The lowest BCUT2D eigenvalue weighted by Crippen LogP contribution is -2.23. The Kier molecular flexibility index (Phi) is 10.7. The molecule has 2 rings (SSSR count). The Bertz CT molecular complexity index is 1160. The summed E-state index contributed by atoms with van der Waals surface area (Å²) in [6.45, 7) is 32.5. The first-order valence-corrected chi connectivity index (χ1v) is 16.2. The summed E-state index contributed by atoms with van der Waals surface area (Å²) in [4.78, 5) is 14.5. The van der Waals surface area contributed by atoms with Gasteiger partial charge >= 0.3 is 5.97 Å². The molecule has 0 bridgehead atoms. The molecule has 0 saturated carbocycles. The van der Waals surface area contributed by atoms with E-state index < -0.39 is 0 Å². The highest BCUT2D eigenvalue weighted by atomic mass is 32.2. The van der Waals surface area contributed by atoms with Gasteiger partial charge in [-0.25, -0.2) is 4.79 Å². The van der Waals surface area contributed by atoms with Gasteiger partial charge in [-0.15, -0.1) is 23.5 Å². The fourth-order valence-corrected chi connectivity index (χ4v) is 7.25. The first kappa shape index (κ1) is 35.4. The minimum Gasteiger partial charge on any atom is -0.507 e. The molecule has 6 heteroatoms. The van der Waals surface area contributed by atoms with Gasteiger partial charge in [0.2, 0.25) is 0 Å². The van der Waals surface area contributed by atoms with Gasteiger partial charge in [0, 0.05) is 32.0 Å². The van der Waals surface area contributed by atoms with Crippen LogP contribution in [-0.2, 0) is 31.2 Å². The second kappa shape index (κ2) is 12.4. The van der Waals surface area contributed by atoms with Gasteiger partial charge in [0.05, 0.1) is 10.7 Å². The predicted molar refractivity (Wildman–Crippen MR) is 177 cm³/mol. The molecule has 2 aromatic rings. The lowest BCUT2D eigenvalue weighted by Gasteiger charge is -2.32. The largest absolute Gasteiger partial charge is 0.507 e. The van der Waals surface area contributed by atoms with Crippen LogP contribution in [0.4, 0.5) is 0 Å². The van der Waals surface area contributed by atoms with Gasteiger partial charge in [0.15, 0.2) is 6.61 Å². The molecule has 0 unspecified atom stereocenters. The zero-order valence-corrected chi connectivity index (χ0v) is 29.8. The molecule has 41 heavy (non-hydrogen) atoms. The third kappa shape index (κ3) is 9.61. The van der Waals surface area contributed by atoms with Crippen molar-refractivity contribution in [3.8, 4) is 11.5 Å². The third-order valence-corrected chi connectivity index (χ3v) is 9.17. The number of benzene rings is 2. The van der Waals surface area contributed by atoms with Crippen molar-refractivity contribution in [2.75, 3.05) is 13.2 Å². The summed E-state index contributed by atoms with van der Waals surface area (Å²) in [5.74, 6) is 0.820. The molecule has 0 amide bonds. The SMILES string of the molecule is CCOC(=O)COc1c(C(C)(C)C)cc(SC(C)(C)Sc2cc(C(C)(C)C)c(O)c(C(C)(C)C)c2)cc1C(C)(C)C. The summed E-state index contributed by atoms with van der Waals surface area (Å²) < 4.78 is 11.1. The van der Waals surface area contributed by atoms with Gasteiger partial charge in [-0.1, -0.05) is 83.1 Å². The van der Waals surface area contributed by atoms with Crippen LogP contribution in [0.1, 0.15) is 126 Å². The van der Waals surface area contributed by atoms with Crippen LogP contribution in [-0.4, -0.2) is 28.4 Å². The summed E-state index contributed by atoms with van der Waals surface area (Å²) in [7, 11) is 0. The highest BCUT2D eigenvalue weighted by molar-refractivity contribution is 8.18. The molecule has 0 saturated heterocycles. The van der Waals surface area contributed by atoms with Gasteiger partial charge in [-0.2, -0.15) is 0 Å². The van der Waals surface area contributed by atoms with Crippen molar-refractivity contribution in [3.05, 3.63) is 46.5 Å². The average Bonchev–Trinajstić information content (AvgIpc) is 2.75. The Labute approximate surface area is 258 Å². The van der Waals surface area contributed by atoms with E-state index in [4.69, 9.17) is 9.47 Å². The van der Waals surface area contributed by atoms with Crippen molar-refractivity contribution in [3.63, 3.8) is 0 Å². The quantitative estimate of drug-likeness (QED) is 0.184. The van der Waals surface area contributed by atoms with Gasteiger partial charge in [0.25, 0.3) is 0 Å². The molecule has 230 valence electrons. The molecule has 1 N–H and O–H groups in total. The van der Waals surface area contributed by atoms with E-state index in [1.54, 1.807) is 6.92 Å². The fraction of sp³-hybridized carbons (Fsp3) is 0.629. The number of hydrogen-bond donors (Lipinski definition) is 1. The van der Waals surface area contributed by atoms with Crippen LogP contribution in [0.3, 0.4) is 0 Å². The molecule has 0 heterocycles. The smallest absolute Gasteiger partial charge is 0.344 e. The van der Waals surface area contributed by atoms with E-state index in [-0.39, 0.29) is 38.3 Å². The van der Waals surface area contributed by atoms with E-state index in [0.29, 0.717) is 12.4 Å². The van der Waals surface area contributed by atoms with Crippen LogP contribution in [0, 0.1) is 0 Å². The Morgan fingerprint density at radius 2 is 1.00 bits per heavy atom. The molecule has 0 radical (unpaired) electrons. The van der Waals surface area contributed by atoms with Gasteiger partial charge in [0.1, 0.15) is 11.5 Å². The molecule has 0 fully saturated rings. The third-order valence-electron chi connectivity index (χ3n) is 6.74.